The van der Waals surface area contributed by atoms with Crippen molar-refractivity contribution in [3.8, 4) is 11.5 Å². The largest absolute Gasteiger partial charge is 0.497 e. The van der Waals surface area contributed by atoms with Crippen molar-refractivity contribution in [1.82, 2.24) is 4.90 Å². The van der Waals surface area contributed by atoms with Gasteiger partial charge in [-0.3, -0.25) is 0 Å². The van der Waals surface area contributed by atoms with E-state index in [2.05, 4.69) is 46.6 Å². The Kier molecular flexibility index (Phi) is 7.28. The molecule has 2 N–H and O–H groups in total. The van der Waals surface area contributed by atoms with Gasteiger partial charge in [0.15, 0.2) is 5.11 Å². The minimum atomic E-state index is 0.727. The van der Waals surface area contributed by atoms with Crippen molar-refractivity contribution in [3.05, 3.63) is 60.2 Å². The molecule has 2 aromatic rings. The van der Waals surface area contributed by atoms with Gasteiger partial charge in [0.1, 0.15) is 11.5 Å². The SMILES string of the molecule is COc1ccc(OC)c(NC(=S)N2CC[NH+](C/C=C/c3ccccc3)CC2)c1. The van der Waals surface area contributed by atoms with Gasteiger partial charge in [-0.05, 0) is 36.0 Å². The van der Waals surface area contributed by atoms with E-state index in [0.29, 0.717) is 0 Å². The van der Waals surface area contributed by atoms with Gasteiger partial charge in [-0.15, -0.1) is 0 Å². The summed E-state index contributed by atoms with van der Waals surface area (Å²) in [5.41, 5.74) is 2.07. The monoisotopic (exact) mass is 398 g/mol. The van der Waals surface area contributed by atoms with Crippen LogP contribution in [-0.4, -0.2) is 57.0 Å². The van der Waals surface area contributed by atoms with Crippen molar-refractivity contribution < 1.29 is 14.4 Å². The molecule has 1 saturated heterocycles. The molecular formula is C22H28N3O2S+. The number of piperazine rings is 1. The van der Waals surface area contributed by atoms with E-state index in [1.54, 1.807) is 19.1 Å². The number of methoxy groups -OCH3 is 2. The normalized spacial score (nSPS) is 14.9. The molecule has 0 saturated carbocycles. The predicted octanol–water partition coefficient (Wildman–Crippen LogP) is 2.31. The van der Waals surface area contributed by atoms with Crippen molar-refractivity contribution in [2.24, 2.45) is 0 Å². The van der Waals surface area contributed by atoms with Gasteiger partial charge in [0, 0.05) is 6.07 Å². The second-order valence-corrected chi connectivity index (χ2v) is 7.14. The van der Waals surface area contributed by atoms with Gasteiger partial charge in [0.2, 0.25) is 0 Å². The molecule has 2 aromatic carbocycles. The van der Waals surface area contributed by atoms with Crippen LogP contribution in [0.1, 0.15) is 5.56 Å². The lowest BCUT2D eigenvalue weighted by Gasteiger charge is -2.33. The van der Waals surface area contributed by atoms with E-state index < -0.39 is 0 Å². The summed E-state index contributed by atoms with van der Waals surface area (Å²) < 4.78 is 10.7. The van der Waals surface area contributed by atoms with Crippen LogP contribution in [0.4, 0.5) is 5.69 Å². The maximum absolute atomic E-state index is 5.63. The molecule has 0 aliphatic carbocycles. The lowest BCUT2D eigenvalue weighted by molar-refractivity contribution is -0.897. The topological polar surface area (TPSA) is 38.2 Å². The Labute approximate surface area is 172 Å². The molecule has 0 atom stereocenters. The quantitative estimate of drug-likeness (QED) is 0.731. The zero-order valence-electron chi connectivity index (χ0n) is 16.5. The number of quaternary nitrogens is 1. The van der Waals surface area contributed by atoms with E-state index in [0.717, 1.165) is 55.0 Å². The lowest BCUT2D eigenvalue weighted by Crippen LogP contribution is -3.14. The minimum Gasteiger partial charge on any atom is -0.497 e. The highest BCUT2D eigenvalue weighted by Crippen LogP contribution is 2.29. The molecule has 0 aromatic heterocycles. The van der Waals surface area contributed by atoms with Crippen LogP contribution >= 0.6 is 12.2 Å². The molecule has 0 amide bonds. The van der Waals surface area contributed by atoms with E-state index in [9.17, 15) is 0 Å². The first kappa shape index (κ1) is 20.2. The Morgan fingerprint density at radius 1 is 1.11 bits per heavy atom. The molecule has 0 unspecified atom stereocenters. The first-order chi connectivity index (χ1) is 13.7. The second kappa shape index (κ2) is 10.1. The van der Waals surface area contributed by atoms with E-state index in [4.69, 9.17) is 21.7 Å². The summed E-state index contributed by atoms with van der Waals surface area (Å²) in [6, 6.07) is 16.1. The first-order valence-corrected chi connectivity index (χ1v) is 9.93. The fourth-order valence-electron chi connectivity index (χ4n) is 3.26. The molecule has 148 valence electrons. The number of hydrogen-bond acceptors (Lipinski definition) is 3. The highest BCUT2D eigenvalue weighted by Gasteiger charge is 2.21. The summed E-state index contributed by atoms with van der Waals surface area (Å²) >= 11 is 5.63. The van der Waals surface area contributed by atoms with Gasteiger partial charge >= 0.3 is 0 Å². The summed E-state index contributed by atoms with van der Waals surface area (Å²) in [7, 11) is 3.30. The Bertz CT molecular complexity index is 803. The van der Waals surface area contributed by atoms with Gasteiger partial charge in [0.05, 0.1) is 52.6 Å². The van der Waals surface area contributed by atoms with Crippen LogP contribution in [0.15, 0.2) is 54.6 Å². The Morgan fingerprint density at radius 3 is 2.54 bits per heavy atom. The fraction of sp³-hybridized carbons (Fsp3) is 0.318. The molecule has 0 radical (unpaired) electrons. The Morgan fingerprint density at radius 2 is 1.86 bits per heavy atom. The molecule has 28 heavy (non-hydrogen) atoms. The number of thiocarbonyl (C=S) groups is 1. The molecular weight excluding hydrogens is 370 g/mol. The third-order valence-electron chi connectivity index (χ3n) is 4.92. The molecule has 1 heterocycles. The van der Waals surface area contributed by atoms with Crippen LogP contribution in [0, 0.1) is 0 Å². The van der Waals surface area contributed by atoms with E-state index in [-0.39, 0.29) is 0 Å². The van der Waals surface area contributed by atoms with Gasteiger partial charge in [-0.25, -0.2) is 0 Å². The third kappa shape index (κ3) is 5.47. The zero-order valence-corrected chi connectivity index (χ0v) is 17.3. The summed E-state index contributed by atoms with van der Waals surface area (Å²) in [6.45, 7) is 5.04. The number of rotatable bonds is 6. The first-order valence-electron chi connectivity index (χ1n) is 9.52. The molecule has 0 bridgehead atoms. The average Bonchev–Trinajstić information content (AvgIpc) is 2.75. The molecule has 1 fully saturated rings. The molecule has 3 rings (SSSR count). The van der Waals surface area contributed by atoms with Crippen molar-refractivity contribution >= 4 is 29.1 Å². The van der Waals surface area contributed by atoms with Crippen molar-refractivity contribution in [2.75, 3.05) is 52.3 Å². The molecule has 6 heteroatoms. The van der Waals surface area contributed by atoms with Gasteiger partial charge in [-0.2, -0.15) is 0 Å². The average molecular weight is 399 g/mol. The molecule has 0 spiro atoms. The van der Waals surface area contributed by atoms with Gasteiger partial charge < -0.3 is 24.6 Å². The van der Waals surface area contributed by atoms with Gasteiger partial charge in [0.25, 0.3) is 0 Å². The number of ether oxygens (including phenoxy) is 2. The summed E-state index contributed by atoms with van der Waals surface area (Å²) in [5.74, 6) is 1.52. The van der Waals surface area contributed by atoms with Crippen LogP contribution in [-0.2, 0) is 0 Å². The van der Waals surface area contributed by atoms with Gasteiger partial charge in [-0.1, -0.05) is 36.4 Å². The predicted molar refractivity (Wildman–Crippen MR) is 118 cm³/mol. The Hall–Kier alpha value is -2.57. The maximum Gasteiger partial charge on any atom is 0.173 e. The zero-order chi connectivity index (χ0) is 19.8. The number of nitrogens with one attached hydrogen (secondary N) is 2. The minimum absolute atomic E-state index is 0.727. The van der Waals surface area contributed by atoms with Crippen LogP contribution in [0.5, 0.6) is 11.5 Å². The van der Waals surface area contributed by atoms with E-state index in [1.165, 1.54) is 5.56 Å². The number of benzene rings is 2. The number of nitrogens with zero attached hydrogens (tertiary/aromatic N) is 1. The lowest BCUT2D eigenvalue weighted by atomic mass is 10.2. The van der Waals surface area contributed by atoms with Crippen molar-refractivity contribution in [1.29, 1.82) is 0 Å². The van der Waals surface area contributed by atoms with E-state index in [1.807, 2.05) is 24.3 Å². The van der Waals surface area contributed by atoms with Crippen LogP contribution in [0.2, 0.25) is 0 Å². The Balaban J connectivity index is 1.49. The van der Waals surface area contributed by atoms with Crippen LogP contribution in [0.3, 0.4) is 0 Å². The third-order valence-corrected chi connectivity index (χ3v) is 5.28. The fourth-order valence-corrected chi connectivity index (χ4v) is 3.55. The molecule has 1 aliphatic rings. The van der Waals surface area contributed by atoms with Crippen molar-refractivity contribution in [3.63, 3.8) is 0 Å². The number of anilines is 1. The standard InChI is InChI=1S/C22H27N3O2S/c1-26-19-10-11-21(27-2)20(17-19)23-22(28)25-15-13-24(14-16-25)12-6-9-18-7-4-3-5-8-18/h3-11,17H,12-16H2,1-2H3,(H,23,28)/p+1/b9-6+. The number of hydrogen-bond donors (Lipinski definition) is 2. The van der Waals surface area contributed by atoms with Crippen LogP contribution in [0.25, 0.3) is 6.08 Å². The summed E-state index contributed by atoms with van der Waals surface area (Å²) in [4.78, 5) is 3.80. The van der Waals surface area contributed by atoms with Crippen LogP contribution < -0.4 is 19.7 Å². The highest BCUT2D eigenvalue weighted by molar-refractivity contribution is 7.80. The van der Waals surface area contributed by atoms with Crippen molar-refractivity contribution in [2.45, 2.75) is 0 Å². The summed E-state index contributed by atoms with van der Waals surface area (Å²) in [6.07, 6.45) is 4.46. The summed E-state index contributed by atoms with van der Waals surface area (Å²) in [5, 5.41) is 4.04. The smallest absolute Gasteiger partial charge is 0.173 e. The molecule has 1 aliphatic heterocycles. The second-order valence-electron chi connectivity index (χ2n) is 6.75. The van der Waals surface area contributed by atoms with E-state index >= 15 is 0 Å². The maximum atomic E-state index is 5.63. The molecule has 5 nitrogen and oxygen atoms in total. The highest BCUT2D eigenvalue weighted by atomic mass is 32.1.